The van der Waals surface area contributed by atoms with Crippen molar-refractivity contribution in [2.24, 2.45) is 0 Å². The number of nitrogens with zero attached hydrogens (tertiary/aromatic N) is 1. The zero-order valence-electron chi connectivity index (χ0n) is 10.4. The van der Waals surface area contributed by atoms with Crippen LogP contribution in [0.4, 0.5) is 0 Å². The number of hydroxylamine groups is 2. The van der Waals surface area contributed by atoms with Gasteiger partial charge in [0.1, 0.15) is 6.29 Å². The molecule has 1 heterocycles. The monoisotopic (exact) mass is 249 g/mol. The fourth-order valence-corrected chi connectivity index (χ4v) is 1.40. The minimum atomic E-state index is -0.248. The van der Waals surface area contributed by atoms with E-state index in [4.69, 9.17) is 0 Å². The maximum absolute atomic E-state index is 10.6. The molecule has 0 N–H and O–H groups in total. The summed E-state index contributed by atoms with van der Waals surface area (Å²) in [4.78, 5) is 35.8. The molecule has 0 unspecified atom stereocenters. The highest BCUT2D eigenvalue weighted by molar-refractivity contribution is 6.00. The highest BCUT2D eigenvalue weighted by Gasteiger charge is 2.28. The Morgan fingerprint density at radius 2 is 1.61 bits per heavy atom. The molecule has 0 spiro atoms. The van der Waals surface area contributed by atoms with Gasteiger partial charge in [-0.05, 0) is 6.92 Å². The molecule has 18 heavy (non-hydrogen) atoms. The molecule has 2 amide bonds. The first kappa shape index (κ1) is 14.1. The maximum Gasteiger partial charge on any atom is 0.253 e. The molecule has 0 atom stereocenters. The number of carbonyl (C=O) groups is 3. The molecule has 5 heteroatoms. The lowest BCUT2D eigenvalue weighted by atomic mass is 10.2. The Labute approximate surface area is 105 Å². The number of carbonyl (C=O) groups excluding carboxylic acids is 3. The van der Waals surface area contributed by atoms with Crippen molar-refractivity contribution >= 4 is 18.1 Å². The fraction of sp³-hybridized carbons (Fsp3) is 0.308. The van der Waals surface area contributed by atoms with Gasteiger partial charge in [0.25, 0.3) is 11.8 Å². The molecule has 0 radical (unpaired) electrons. The van der Waals surface area contributed by atoms with E-state index in [0.29, 0.717) is 0 Å². The van der Waals surface area contributed by atoms with E-state index in [0.717, 1.165) is 16.9 Å². The summed E-state index contributed by atoms with van der Waals surface area (Å²) in [6.07, 6.45) is 1.42. The zero-order valence-corrected chi connectivity index (χ0v) is 10.4. The van der Waals surface area contributed by atoms with Crippen molar-refractivity contribution in [1.29, 1.82) is 0 Å². The molecular formula is C13H15NO4. The van der Waals surface area contributed by atoms with Crippen LogP contribution in [0, 0.1) is 6.92 Å². The van der Waals surface area contributed by atoms with Gasteiger partial charge in [-0.15, -0.1) is 0 Å². The van der Waals surface area contributed by atoms with Gasteiger partial charge in [0, 0.05) is 18.4 Å². The average Bonchev–Trinajstić information content (AvgIpc) is 2.70. The number of aryl methyl sites for hydroxylation is 1. The van der Waals surface area contributed by atoms with Crippen LogP contribution in [0.1, 0.15) is 28.8 Å². The first-order chi connectivity index (χ1) is 8.58. The number of rotatable bonds is 2. The van der Waals surface area contributed by atoms with Gasteiger partial charge >= 0.3 is 0 Å². The van der Waals surface area contributed by atoms with Crippen LogP contribution in [0.3, 0.4) is 0 Å². The van der Waals surface area contributed by atoms with Gasteiger partial charge in [0.15, 0.2) is 0 Å². The third-order valence-corrected chi connectivity index (χ3v) is 2.40. The molecular weight excluding hydrogens is 234 g/mol. The van der Waals surface area contributed by atoms with Crippen LogP contribution in [0.2, 0.25) is 0 Å². The molecule has 0 saturated carbocycles. The second-order valence-electron chi connectivity index (χ2n) is 3.79. The van der Waals surface area contributed by atoms with Gasteiger partial charge in [-0.2, -0.15) is 5.06 Å². The average molecular weight is 249 g/mol. The number of imide groups is 1. The predicted octanol–water partition coefficient (Wildman–Crippen LogP) is 1.50. The van der Waals surface area contributed by atoms with Crippen LogP contribution < -0.4 is 0 Å². The number of amides is 2. The highest BCUT2D eigenvalue weighted by atomic mass is 16.7. The minimum absolute atomic E-state index is 0.248. The van der Waals surface area contributed by atoms with Crippen molar-refractivity contribution in [2.45, 2.75) is 19.8 Å². The summed E-state index contributed by atoms with van der Waals surface area (Å²) in [6.45, 7) is 1.99. The Balaban J connectivity index is 0.000000180. The molecule has 96 valence electrons. The van der Waals surface area contributed by atoms with Gasteiger partial charge in [-0.3, -0.25) is 19.2 Å². The fourth-order valence-electron chi connectivity index (χ4n) is 1.40. The molecule has 1 aromatic rings. The van der Waals surface area contributed by atoms with Crippen molar-refractivity contribution in [3.8, 4) is 0 Å². The van der Waals surface area contributed by atoms with Crippen molar-refractivity contribution in [3.05, 3.63) is 35.4 Å². The van der Waals surface area contributed by atoms with Crippen LogP contribution in [0.25, 0.3) is 0 Å². The Morgan fingerprint density at radius 3 is 1.94 bits per heavy atom. The summed E-state index contributed by atoms with van der Waals surface area (Å²) in [6, 6.07) is 7.46. The van der Waals surface area contributed by atoms with Gasteiger partial charge < -0.3 is 0 Å². The molecule has 1 aliphatic rings. The van der Waals surface area contributed by atoms with Crippen LogP contribution >= 0.6 is 0 Å². The summed E-state index contributed by atoms with van der Waals surface area (Å²) >= 11 is 0. The molecule has 1 aliphatic heterocycles. The van der Waals surface area contributed by atoms with E-state index in [1.54, 1.807) is 0 Å². The Morgan fingerprint density at radius 1 is 1.11 bits per heavy atom. The van der Waals surface area contributed by atoms with Gasteiger partial charge in [0.2, 0.25) is 0 Å². The first-order valence-electron chi connectivity index (χ1n) is 5.50. The van der Waals surface area contributed by atoms with E-state index in [-0.39, 0.29) is 24.7 Å². The quantitative estimate of drug-likeness (QED) is 0.588. The van der Waals surface area contributed by atoms with E-state index in [1.165, 1.54) is 12.7 Å². The second kappa shape index (κ2) is 6.66. The summed E-state index contributed by atoms with van der Waals surface area (Å²) in [5.41, 5.74) is 1.92. The second-order valence-corrected chi connectivity index (χ2v) is 3.79. The summed E-state index contributed by atoms with van der Waals surface area (Å²) in [5, 5.41) is 0.792. The largest absolute Gasteiger partial charge is 0.298 e. The lowest BCUT2D eigenvalue weighted by Crippen LogP contribution is -2.27. The number of hydrogen-bond acceptors (Lipinski definition) is 4. The van der Waals surface area contributed by atoms with Crippen molar-refractivity contribution in [2.75, 3.05) is 7.11 Å². The predicted molar refractivity (Wildman–Crippen MR) is 64.7 cm³/mol. The van der Waals surface area contributed by atoms with Gasteiger partial charge in [-0.1, -0.05) is 29.8 Å². The summed E-state index contributed by atoms with van der Waals surface area (Å²) in [7, 11) is 1.31. The molecule has 0 aliphatic carbocycles. The van der Waals surface area contributed by atoms with Crippen molar-refractivity contribution < 1.29 is 19.2 Å². The SMILES string of the molecule is CON1C(=O)CCC1=O.Cc1ccc(C=O)cc1. The molecule has 0 bridgehead atoms. The molecule has 1 saturated heterocycles. The zero-order chi connectivity index (χ0) is 13.5. The van der Waals surface area contributed by atoms with E-state index in [9.17, 15) is 14.4 Å². The molecule has 0 aromatic heterocycles. The number of benzene rings is 1. The van der Waals surface area contributed by atoms with Crippen LogP contribution in [-0.4, -0.2) is 30.3 Å². The molecule has 5 nitrogen and oxygen atoms in total. The Kier molecular flexibility index (Phi) is 5.20. The van der Waals surface area contributed by atoms with E-state index in [2.05, 4.69) is 4.84 Å². The molecule has 1 fully saturated rings. The summed E-state index contributed by atoms with van der Waals surface area (Å²) < 4.78 is 0. The molecule has 1 aromatic carbocycles. The number of aldehydes is 1. The lowest BCUT2D eigenvalue weighted by Gasteiger charge is -2.07. The topological polar surface area (TPSA) is 63.7 Å². The first-order valence-corrected chi connectivity index (χ1v) is 5.50. The number of hydrogen-bond donors (Lipinski definition) is 0. The normalized spacial score (nSPS) is 14.2. The van der Waals surface area contributed by atoms with Crippen molar-refractivity contribution in [3.63, 3.8) is 0 Å². The minimum Gasteiger partial charge on any atom is -0.298 e. The van der Waals surface area contributed by atoms with Crippen molar-refractivity contribution in [1.82, 2.24) is 5.06 Å². The van der Waals surface area contributed by atoms with E-state index < -0.39 is 0 Å². The van der Waals surface area contributed by atoms with Crippen LogP contribution in [-0.2, 0) is 14.4 Å². The van der Waals surface area contributed by atoms with Gasteiger partial charge in [-0.25, -0.2) is 0 Å². The third kappa shape index (κ3) is 3.78. The van der Waals surface area contributed by atoms with E-state index >= 15 is 0 Å². The third-order valence-electron chi connectivity index (χ3n) is 2.40. The van der Waals surface area contributed by atoms with Gasteiger partial charge in [0.05, 0.1) is 7.11 Å². The standard InChI is InChI=1S/C8H8O.C5H7NO3/c1-7-2-4-8(6-9)5-3-7;1-9-6-4(7)2-3-5(6)8/h2-6H,1H3;2-3H2,1H3. The maximum atomic E-state index is 10.6. The Hall–Kier alpha value is -2.01. The highest BCUT2D eigenvalue weighted by Crippen LogP contribution is 2.10. The molecule has 2 rings (SSSR count). The summed E-state index contributed by atoms with van der Waals surface area (Å²) in [5.74, 6) is -0.495. The lowest BCUT2D eigenvalue weighted by molar-refractivity contribution is -0.179. The van der Waals surface area contributed by atoms with E-state index in [1.807, 2.05) is 31.2 Å². The van der Waals surface area contributed by atoms with Crippen LogP contribution in [0.5, 0.6) is 0 Å². The van der Waals surface area contributed by atoms with Crippen LogP contribution in [0.15, 0.2) is 24.3 Å². The smallest absolute Gasteiger partial charge is 0.253 e. The Bertz CT molecular complexity index is 423.